The molecule has 0 aliphatic rings. The first-order chi connectivity index (χ1) is 10.1. The molecule has 0 unspecified atom stereocenters. The fraction of sp³-hybridized carbons (Fsp3) is 0.0714. The summed E-state index contributed by atoms with van der Waals surface area (Å²) in [5.41, 5.74) is 0.320. The average Bonchev–Trinajstić information content (AvgIpc) is 2.95. The van der Waals surface area contributed by atoms with Crippen molar-refractivity contribution >= 4 is 22.7 Å². The Bertz CT molecular complexity index is 938. The van der Waals surface area contributed by atoms with Crippen LogP contribution in [0.25, 0.3) is 22.2 Å². The third-order valence-corrected chi connectivity index (χ3v) is 3.67. The molecule has 7 heteroatoms. The van der Waals surface area contributed by atoms with Gasteiger partial charge in [0, 0.05) is 17.1 Å². The molecule has 0 atom stereocenters. The van der Waals surface area contributed by atoms with E-state index < -0.39 is 11.4 Å². The number of rotatable bonds is 2. The first kappa shape index (κ1) is 13.4. The van der Waals surface area contributed by atoms with Crippen molar-refractivity contribution in [1.82, 2.24) is 15.0 Å². The Morgan fingerprint density at radius 2 is 2.24 bits per heavy atom. The number of hydrogen-bond acceptors (Lipinski definition) is 4. The zero-order valence-corrected chi connectivity index (χ0v) is 11.7. The molecule has 0 saturated heterocycles. The summed E-state index contributed by atoms with van der Waals surface area (Å²) in [6.45, 7) is 0. The molecule has 5 nitrogen and oxygen atoms in total. The molecular weight excluding hydrogens is 291 g/mol. The van der Waals surface area contributed by atoms with Gasteiger partial charge in [0.05, 0.1) is 11.2 Å². The Labute approximate surface area is 122 Å². The Balaban J connectivity index is 2.34. The molecule has 1 aromatic carbocycles. The summed E-state index contributed by atoms with van der Waals surface area (Å²) in [5.74, 6) is -0.454. The summed E-state index contributed by atoms with van der Waals surface area (Å²) >= 11 is 1.24. The van der Waals surface area contributed by atoms with Gasteiger partial charge in [0.1, 0.15) is 17.4 Å². The third kappa shape index (κ3) is 2.19. The highest BCUT2D eigenvalue weighted by molar-refractivity contribution is 7.98. The van der Waals surface area contributed by atoms with Gasteiger partial charge in [-0.25, -0.2) is 9.37 Å². The Morgan fingerprint density at radius 3 is 2.95 bits per heavy atom. The second-order valence-corrected chi connectivity index (χ2v) is 5.11. The van der Waals surface area contributed by atoms with Gasteiger partial charge in [-0.15, -0.1) is 0 Å². The number of H-pyrrole nitrogens is 2. The van der Waals surface area contributed by atoms with Gasteiger partial charge in [0.2, 0.25) is 0 Å². The van der Waals surface area contributed by atoms with E-state index in [1.165, 1.54) is 17.8 Å². The van der Waals surface area contributed by atoms with Crippen LogP contribution in [-0.4, -0.2) is 21.2 Å². The second-order valence-electron chi connectivity index (χ2n) is 4.31. The van der Waals surface area contributed by atoms with Crippen molar-refractivity contribution in [3.63, 3.8) is 0 Å². The minimum Gasteiger partial charge on any atom is -0.359 e. The fourth-order valence-electron chi connectivity index (χ4n) is 2.13. The van der Waals surface area contributed by atoms with Gasteiger partial charge in [-0.2, -0.15) is 5.26 Å². The maximum Gasteiger partial charge on any atom is 0.270 e. The normalized spacial score (nSPS) is 10.7. The number of aromatic amines is 2. The molecule has 0 radical (unpaired) electrons. The maximum atomic E-state index is 14.1. The Hall–Kier alpha value is -2.59. The highest BCUT2D eigenvalue weighted by Crippen LogP contribution is 2.27. The lowest BCUT2D eigenvalue weighted by Crippen LogP contribution is -2.14. The molecule has 0 aliphatic heterocycles. The first-order valence-corrected chi connectivity index (χ1v) is 7.22. The lowest BCUT2D eigenvalue weighted by molar-refractivity contribution is 0.637. The van der Waals surface area contributed by atoms with Gasteiger partial charge in [-0.1, -0.05) is 11.8 Å². The topological polar surface area (TPSA) is 85.3 Å². The quantitative estimate of drug-likeness (QED) is 0.563. The first-order valence-electron chi connectivity index (χ1n) is 5.99. The number of hydrogen-bond donors (Lipinski definition) is 2. The number of halogens is 1. The van der Waals surface area contributed by atoms with Gasteiger partial charge in [-0.05, 0) is 24.5 Å². The fourth-order valence-corrected chi connectivity index (χ4v) is 2.50. The Kier molecular flexibility index (Phi) is 3.23. The van der Waals surface area contributed by atoms with Crippen molar-refractivity contribution in [2.75, 3.05) is 6.26 Å². The third-order valence-electron chi connectivity index (χ3n) is 3.09. The molecule has 2 heterocycles. The monoisotopic (exact) mass is 300 g/mol. The number of aromatic nitrogens is 3. The van der Waals surface area contributed by atoms with Crippen LogP contribution in [0, 0.1) is 17.1 Å². The minimum atomic E-state index is -0.526. The van der Waals surface area contributed by atoms with Gasteiger partial charge >= 0.3 is 0 Å². The number of benzene rings is 1. The summed E-state index contributed by atoms with van der Waals surface area (Å²) in [4.78, 5) is 21.4. The van der Waals surface area contributed by atoms with Gasteiger partial charge in [0.15, 0.2) is 5.16 Å². The lowest BCUT2D eigenvalue weighted by atomic mass is 10.1. The molecule has 0 spiro atoms. The SMILES string of the molecule is CSc1nc(-c2cc(F)c3[nH]ccc3c2)c(C#N)c(=O)[nH]1. The average molecular weight is 300 g/mol. The molecule has 2 aromatic heterocycles. The van der Waals surface area contributed by atoms with Crippen molar-refractivity contribution in [1.29, 1.82) is 5.26 Å². The van der Waals surface area contributed by atoms with E-state index in [-0.39, 0.29) is 11.3 Å². The van der Waals surface area contributed by atoms with Gasteiger partial charge < -0.3 is 9.97 Å². The highest BCUT2D eigenvalue weighted by Gasteiger charge is 2.15. The molecule has 0 saturated carbocycles. The molecule has 3 rings (SSSR count). The predicted octanol–water partition coefficient (Wildman–Crippen LogP) is 2.65. The molecular formula is C14H9FN4OS. The van der Waals surface area contributed by atoms with Crippen LogP contribution in [0.2, 0.25) is 0 Å². The van der Waals surface area contributed by atoms with Crippen molar-refractivity contribution < 1.29 is 4.39 Å². The predicted molar refractivity (Wildman–Crippen MR) is 78.6 cm³/mol. The van der Waals surface area contributed by atoms with Crippen molar-refractivity contribution in [3.05, 3.63) is 46.1 Å². The standard InChI is InChI=1S/C14H9FN4OS/c1-21-14-18-11(9(6-16)13(20)19-14)8-4-7-2-3-17-12(7)10(15)5-8/h2-5,17H,1H3,(H,18,19,20). The van der Waals surface area contributed by atoms with E-state index in [4.69, 9.17) is 5.26 Å². The summed E-state index contributed by atoms with van der Waals surface area (Å²) in [5, 5.41) is 10.2. The van der Waals surface area contributed by atoms with Crippen LogP contribution in [0.15, 0.2) is 34.3 Å². The molecule has 2 N–H and O–H groups in total. The summed E-state index contributed by atoms with van der Waals surface area (Å²) in [7, 11) is 0. The lowest BCUT2D eigenvalue weighted by Gasteiger charge is -2.06. The summed E-state index contributed by atoms with van der Waals surface area (Å²) in [6.07, 6.45) is 3.38. The maximum absolute atomic E-state index is 14.1. The van der Waals surface area contributed by atoms with Crippen LogP contribution in [0.1, 0.15) is 5.56 Å². The van der Waals surface area contributed by atoms with E-state index in [0.29, 0.717) is 21.6 Å². The van der Waals surface area contributed by atoms with Crippen LogP contribution in [0.3, 0.4) is 0 Å². The van der Waals surface area contributed by atoms with Crippen LogP contribution < -0.4 is 5.56 Å². The van der Waals surface area contributed by atoms with Crippen LogP contribution >= 0.6 is 11.8 Å². The number of thioether (sulfide) groups is 1. The second kappa shape index (κ2) is 5.07. The molecule has 104 valence electrons. The number of nitrogens with zero attached hydrogens (tertiary/aromatic N) is 2. The molecule has 0 bridgehead atoms. The number of fused-ring (bicyclic) bond motifs is 1. The Morgan fingerprint density at radius 1 is 1.43 bits per heavy atom. The minimum absolute atomic E-state index is 0.123. The molecule has 0 fully saturated rings. The van der Waals surface area contributed by atoms with E-state index >= 15 is 0 Å². The summed E-state index contributed by atoms with van der Waals surface area (Å²) in [6, 6.07) is 6.51. The van der Waals surface area contributed by atoms with E-state index in [2.05, 4.69) is 15.0 Å². The number of nitriles is 1. The van der Waals surface area contributed by atoms with Gasteiger partial charge in [0.25, 0.3) is 5.56 Å². The highest BCUT2D eigenvalue weighted by atomic mass is 32.2. The van der Waals surface area contributed by atoms with Crippen molar-refractivity contribution in [2.24, 2.45) is 0 Å². The van der Waals surface area contributed by atoms with Gasteiger partial charge in [-0.3, -0.25) is 4.79 Å². The summed E-state index contributed by atoms with van der Waals surface area (Å²) < 4.78 is 14.1. The van der Waals surface area contributed by atoms with Crippen LogP contribution in [0.4, 0.5) is 4.39 Å². The van der Waals surface area contributed by atoms with Crippen molar-refractivity contribution in [2.45, 2.75) is 5.16 Å². The molecule has 0 aliphatic carbocycles. The molecule has 21 heavy (non-hydrogen) atoms. The van der Waals surface area contributed by atoms with Crippen LogP contribution in [-0.2, 0) is 0 Å². The zero-order chi connectivity index (χ0) is 15.0. The smallest absolute Gasteiger partial charge is 0.270 e. The van der Waals surface area contributed by atoms with Crippen LogP contribution in [0.5, 0.6) is 0 Å². The van der Waals surface area contributed by atoms with E-state index in [1.807, 2.05) is 6.07 Å². The van der Waals surface area contributed by atoms with E-state index in [0.717, 1.165) is 0 Å². The largest absolute Gasteiger partial charge is 0.359 e. The number of nitrogens with one attached hydrogen (secondary N) is 2. The molecule has 0 amide bonds. The van der Waals surface area contributed by atoms with Crippen molar-refractivity contribution in [3.8, 4) is 17.3 Å². The molecule has 3 aromatic rings. The zero-order valence-electron chi connectivity index (χ0n) is 10.9. The van der Waals surface area contributed by atoms with E-state index in [1.54, 1.807) is 24.6 Å². The van der Waals surface area contributed by atoms with E-state index in [9.17, 15) is 9.18 Å².